The maximum Gasteiger partial charge on any atom is 0.207 e. The molecule has 20 aromatic rings. The van der Waals surface area contributed by atoms with E-state index in [0.717, 1.165) is 201 Å². The fourth-order valence-corrected chi connectivity index (χ4v) is 24.5. The van der Waals surface area contributed by atoms with Crippen LogP contribution in [-0.4, -0.2) is 51.7 Å². The molecule has 0 amide bonds. The van der Waals surface area contributed by atoms with Crippen molar-refractivity contribution >= 4 is 19.7 Å². The number of nitrogens with zero attached hydrogens (tertiary/aromatic N) is 7. The van der Waals surface area contributed by atoms with E-state index in [1.807, 2.05) is 158 Å². The molecular weight excluding hydrogens is 1610 g/mol. The van der Waals surface area contributed by atoms with Crippen LogP contribution in [0.25, 0.3) is 179 Å². The Morgan fingerprint density at radius 1 is 0.188 bits per heavy atom. The lowest BCUT2D eigenvalue weighted by Crippen LogP contribution is -2.29. The van der Waals surface area contributed by atoms with Gasteiger partial charge in [0.2, 0.25) is 19.7 Å². The summed E-state index contributed by atoms with van der Waals surface area (Å²) in [6.07, 6.45) is 7.33. The molecular formula is C115H69N7O4S2. The minimum absolute atomic E-state index is 0.348. The molecule has 4 aromatic heterocycles. The first-order valence-electron chi connectivity index (χ1n) is 42.7. The van der Waals surface area contributed by atoms with Crippen molar-refractivity contribution in [3.05, 3.63) is 464 Å². The molecule has 16 aromatic carbocycles. The number of fused-ring (bicyclic) bond motifs is 32. The third-order valence-electron chi connectivity index (χ3n) is 26.6. The number of hydrogen-bond donors (Lipinski definition) is 0. The highest BCUT2D eigenvalue weighted by molar-refractivity contribution is 7.92. The molecule has 0 bridgehead atoms. The minimum atomic E-state index is -3.74. The SMILES string of the molecule is O=S1(=O)c2ccccc2-c2c1ccc1c2-c2ccccc2C12c1ccccc1-c1ccccc1-c1ccc(-c3cc(-c4ccc(-c5cccnc5)cc4)nc(-c4ccccc4)n3)cc12.O=S1(=O)c2ccccc2-c2c1ccc1c2-c2ccccc2C12c1ccccc1-c1ccccc1-c1ccc(-c3cc(-c4cnc(-c5ccccc5)nc4)nc(-c4ccccc4)n3)cc12. The molecule has 2 aliphatic heterocycles. The Morgan fingerprint density at radius 3 is 0.922 bits per heavy atom. The van der Waals surface area contributed by atoms with Crippen LogP contribution in [0, 0.1) is 0 Å². The first kappa shape index (κ1) is 74.4. The molecule has 0 fully saturated rings. The highest BCUT2D eigenvalue weighted by Crippen LogP contribution is 2.68. The number of sulfone groups is 2. The van der Waals surface area contributed by atoms with Crippen LogP contribution >= 0.6 is 0 Å². The third-order valence-corrected chi connectivity index (χ3v) is 30.3. The Balaban J connectivity index is 0.000000139. The quantitative estimate of drug-likeness (QED) is 0.143. The topological polar surface area (TPSA) is 159 Å². The molecule has 6 heterocycles. The third kappa shape index (κ3) is 11.0. The Morgan fingerprint density at radius 2 is 0.508 bits per heavy atom. The van der Waals surface area contributed by atoms with Gasteiger partial charge in [0.25, 0.3) is 0 Å². The summed E-state index contributed by atoms with van der Waals surface area (Å²) < 4.78 is 57.1. The van der Waals surface area contributed by atoms with E-state index in [1.54, 1.807) is 18.3 Å². The van der Waals surface area contributed by atoms with Gasteiger partial charge in [-0.2, -0.15) is 0 Å². The van der Waals surface area contributed by atoms with E-state index in [9.17, 15) is 16.8 Å². The first-order valence-corrected chi connectivity index (χ1v) is 45.7. The van der Waals surface area contributed by atoms with Crippen molar-refractivity contribution in [1.29, 1.82) is 0 Å². The number of aromatic nitrogens is 7. The summed E-state index contributed by atoms with van der Waals surface area (Å²) in [7, 11) is -7.47. The Labute approximate surface area is 739 Å². The second-order valence-corrected chi connectivity index (χ2v) is 36.9. The molecule has 600 valence electrons. The number of benzene rings is 16. The average Bonchev–Trinajstić information content (AvgIpc) is 1.48. The second-order valence-electron chi connectivity index (χ2n) is 33.2. The van der Waals surface area contributed by atoms with Crippen LogP contribution in [0.15, 0.2) is 439 Å². The van der Waals surface area contributed by atoms with Crippen LogP contribution < -0.4 is 0 Å². The molecule has 2 unspecified atom stereocenters. The van der Waals surface area contributed by atoms with Gasteiger partial charge in [0.1, 0.15) is 0 Å². The monoisotopic (exact) mass is 1680 g/mol. The lowest BCUT2D eigenvalue weighted by Gasteiger charge is -2.35. The standard InChI is InChI=1S/C58H35N3O2S.C57H34N4O2S/c62-64(63)53-23-11-8-20-46(53)56-54(64)31-30-49-55(56)45-19-7-10-22-48(45)58(49)47-21-9-6-18-43(47)41-16-4-5-17-42(41)44-29-28-39(33-50(44)58)52-34-51(60-57(61-52)38-13-2-1-3-14-38)37-26-24-36(25-27-37)40-15-12-32-59-35-40;62-64(63)51-26-14-11-23-44(51)54-52(64)30-29-47-53(54)43-22-10-13-25-46(43)57(47)45-24-12-9-21-41(45)39-19-7-8-20-40(39)42-28-27-37(31-48(42)57)49-32-50(61-56(60-49)36-17-5-2-6-18-36)38-33-58-55(59-34-38)35-15-3-1-4-16-35/h1-35H;1-34H. The molecule has 6 aliphatic rings. The van der Waals surface area contributed by atoms with Crippen molar-refractivity contribution in [3.63, 3.8) is 0 Å². The fourth-order valence-electron chi connectivity index (χ4n) is 21.2. The molecule has 2 atom stereocenters. The summed E-state index contributed by atoms with van der Waals surface area (Å²) >= 11 is 0. The largest absolute Gasteiger partial charge is 0.264 e. The highest BCUT2D eigenvalue weighted by atomic mass is 32.2. The summed E-state index contributed by atoms with van der Waals surface area (Å²) in [4.78, 5) is 36.2. The van der Waals surface area contributed by atoms with E-state index in [4.69, 9.17) is 29.9 Å². The average molecular weight is 1680 g/mol. The van der Waals surface area contributed by atoms with E-state index in [0.29, 0.717) is 42.7 Å². The molecule has 128 heavy (non-hydrogen) atoms. The molecule has 0 radical (unpaired) electrons. The number of rotatable bonds is 8. The van der Waals surface area contributed by atoms with Crippen molar-refractivity contribution < 1.29 is 16.8 Å². The molecule has 4 aliphatic carbocycles. The summed E-state index contributed by atoms with van der Waals surface area (Å²) in [6.45, 7) is 0. The molecule has 26 rings (SSSR count). The fraction of sp³-hybridized carbons (Fsp3) is 0.0174. The van der Waals surface area contributed by atoms with Gasteiger partial charge in [0.05, 0.1) is 53.2 Å². The smallest absolute Gasteiger partial charge is 0.207 e. The Kier molecular flexibility index (Phi) is 16.7. The van der Waals surface area contributed by atoms with Gasteiger partial charge >= 0.3 is 0 Å². The normalized spacial score (nSPS) is 15.5. The summed E-state index contributed by atoms with van der Waals surface area (Å²) in [5.74, 6) is 1.87. The van der Waals surface area contributed by atoms with E-state index in [2.05, 4.69) is 248 Å². The van der Waals surface area contributed by atoms with Gasteiger partial charge in [0, 0.05) is 86.0 Å². The van der Waals surface area contributed by atoms with Gasteiger partial charge < -0.3 is 0 Å². The van der Waals surface area contributed by atoms with Crippen molar-refractivity contribution in [1.82, 2.24) is 34.9 Å². The Hall–Kier alpha value is -16.2. The van der Waals surface area contributed by atoms with Crippen molar-refractivity contribution in [3.8, 4) is 179 Å². The van der Waals surface area contributed by atoms with Crippen LogP contribution in [0.2, 0.25) is 0 Å². The van der Waals surface area contributed by atoms with E-state index in [1.165, 1.54) is 0 Å². The predicted molar refractivity (Wildman–Crippen MR) is 506 cm³/mol. The maximum atomic E-state index is 14.3. The molecule has 0 saturated heterocycles. The van der Waals surface area contributed by atoms with Gasteiger partial charge in [-0.3, -0.25) is 4.98 Å². The van der Waals surface area contributed by atoms with E-state index < -0.39 is 30.5 Å². The van der Waals surface area contributed by atoms with Crippen molar-refractivity contribution in [2.24, 2.45) is 0 Å². The first-order chi connectivity index (χ1) is 63.0. The van der Waals surface area contributed by atoms with Gasteiger partial charge in [-0.25, -0.2) is 46.7 Å². The lowest BCUT2D eigenvalue weighted by molar-refractivity contribution is 0.597. The number of pyridine rings is 1. The molecule has 13 heteroatoms. The summed E-state index contributed by atoms with van der Waals surface area (Å²) in [5.41, 5.74) is 34.6. The highest BCUT2D eigenvalue weighted by Gasteiger charge is 2.55. The number of hydrogen-bond acceptors (Lipinski definition) is 11. The van der Waals surface area contributed by atoms with Crippen molar-refractivity contribution in [2.45, 2.75) is 30.4 Å². The Bertz CT molecular complexity index is 7850. The lowest BCUT2D eigenvalue weighted by atomic mass is 9.65. The molecule has 11 nitrogen and oxygen atoms in total. The van der Waals surface area contributed by atoms with Gasteiger partial charge in [-0.1, -0.05) is 340 Å². The predicted octanol–water partition coefficient (Wildman–Crippen LogP) is 26.1. The zero-order chi connectivity index (χ0) is 85.1. The van der Waals surface area contributed by atoms with Crippen LogP contribution in [0.4, 0.5) is 0 Å². The van der Waals surface area contributed by atoms with Gasteiger partial charge in [0.15, 0.2) is 17.5 Å². The minimum Gasteiger partial charge on any atom is -0.264 e. The van der Waals surface area contributed by atoms with Crippen molar-refractivity contribution in [2.75, 3.05) is 0 Å². The molecule has 0 N–H and O–H groups in total. The van der Waals surface area contributed by atoms with Gasteiger partial charge in [-0.15, -0.1) is 0 Å². The summed E-state index contributed by atoms with van der Waals surface area (Å²) in [6, 6.07) is 135. The maximum absolute atomic E-state index is 14.3. The van der Waals surface area contributed by atoms with E-state index in [-0.39, 0.29) is 0 Å². The molecule has 0 saturated carbocycles. The summed E-state index contributed by atoms with van der Waals surface area (Å²) in [5, 5.41) is 0. The van der Waals surface area contributed by atoms with Crippen LogP contribution in [-0.2, 0) is 30.5 Å². The van der Waals surface area contributed by atoms with Crippen LogP contribution in [0.3, 0.4) is 0 Å². The second kappa shape index (κ2) is 28.7. The van der Waals surface area contributed by atoms with Gasteiger partial charge in [-0.05, 0) is 177 Å². The van der Waals surface area contributed by atoms with Crippen LogP contribution in [0.5, 0.6) is 0 Å². The van der Waals surface area contributed by atoms with Crippen LogP contribution in [0.1, 0.15) is 44.5 Å². The zero-order valence-electron chi connectivity index (χ0n) is 68.4. The zero-order valence-corrected chi connectivity index (χ0v) is 70.1. The van der Waals surface area contributed by atoms with E-state index >= 15 is 0 Å². The molecule has 2 spiro atoms.